The summed E-state index contributed by atoms with van der Waals surface area (Å²) in [5.74, 6) is -0.0412. The first-order valence-corrected chi connectivity index (χ1v) is 5.07. The number of rotatable bonds is 3. The molecular weight excluding hydrogens is 180 g/mol. The van der Waals surface area contributed by atoms with Gasteiger partial charge in [-0.05, 0) is 33.7 Å². The summed E-state index contributed by atoms with van der Waals surface area (Å²) in [6, 6.07) is 0.587. The number of hydrogen-bond donors (Lipinski definition) is 2. The number of amides is 1. The van der Waals surface area contributed by atoms with Crippen molar-refractivity contribution in [3.05, 3.63) is 0 Å². The Kier molecular flexibility index (Phi) is 3.50. The molecule has 4 heteroatoms. The van der Waals surface area contributed by atoms with Gasteiger partial charge in [0.2, 0.25) is 0 Å². The summed E-state index contributed by atoms with van der Waals surface area (Å²) < 4.78 is 5.11. The normalized spacial score (nSPS) is 27.7. The highest BCUT2D eigenvalue weighted by atomic mass is 16.5. The van der Waals surface area contributed by atoms with Crippen LogP contribution >= 0.6 is 0 Å². The fraction of sp³-hybridized carbons (Fsp3) is 0.900. The topological polar surface area (TPSA) is 50.4 Å². The quantitative estimate of drug-likeness (QED) is 0.688. The van der Waals surface area contributed by atoms with Crippen molar-refractivity contribution in [2.75, 3.05) is 13.7 Å². The SMILES string of the molecule is COC(C)(C)C(=O)NC1CCNC1C. The average molecular weight is 200 g/mol. The van der Waals surface area contributed by atoms with Gasteiger partial charge in [-0.2, -0.15) is 0 Å². The number of nitrogens with one attached hydrogen (secondary N) is 2. The highest BCUT2D eigenvalue weighted by Gasteiger charge is 2.31. The van der Waals surface area contributed by atoms with Crippen LogP contribution in [0.2, 0.25) is 0 Å². The van der Waals surface area contributed by atoms with E-state index in [4.69, 9.17) is 4.74 Å². The third-order valence-electron chi connectivity index (χ3n) is 2.90. The third kappa shape index (κ3) is 2.45. The Hall–Kier alpha value is -0.610. The number of carbonyl (C=O) groups is 1. The Morgan fingerprint density at radius 1 is 1.57 bits per heavy atom. The van der Waals surface area contributed by atoms with E-state index in [9.17, 15) is 4.79 Å². The fourth-order valence-corrected chi connectivity index (χ4v) is 1.49. The maximum absolute atomic E-state index is 11.7. The molecular formula is C10H20N2O2. The van der Waals surface area contributed by atoms with Gasteiger partial charge in [0, 0.05) is 19.2 Å². The predicted octanol–water partition coefficient (Wildman–Crippen LogP) is 0.278. The predicted molar refractivity (Wildman–Crippen MR) is 55.1 cm³/mol. The molecule has 2 unspecified atom stereocenters. The van der Waals surface area contributed by atoms with Gasteiger partial charge >= 0.3 is 0 Å². The molecule has 0 aromatic heterocycles. The lowest BCUT2D eigenvalue weighted by Gasteiger charge is -2.25. The molecule has 0 radical (unpaired) electrons. The Balaban J connectivity index is 2.48. The van der Waals surface area contributed by atoms with Gasteiger partial charge in [0.05, 0.1) is 0 Å². The van der Waals surface area contributed by atoms with Crippen LogP contribution in [-0.4, -0.2) is 37.2 Å². The van der Waals surface area contributed by atoms with E-state index in [0.29, 0.717) is 6.04 Å². The Morgan fingerprint density at radius 3 is 2.64 bits per heavy atom. The molecule has 0 bridgehead atoms. The third-order valence-corrected chi connectivity index (χ3v) is 2.90. The van der Waals surface area contributed by atoms with Crippen LogP contribution in [0.4, 0.5) is 0 Å². The summed E-state index contributed by atoms with van der Waals surface area (Å²) in [4.78, 5) is 11.7. The standard InChI is InChI=1S/C10H20N2O2/c1-7-8(5-6-11-7)12-9(13)10(2,3)14-4/h7-8,11H,5-6H2,1-4H3,(H,12,13). The molecule has 0 saturated carbocycles. The van der Waals surface area contributed by atoms with E-state index < -0.39 is 5.60 Å². The molecule has 82 valence electrons. The van der Waals surface area contributed by atoms with Gasteiger partial charge in [-0.3, -0.25) is 4.79 Å². The number of hydrogen-bond acceptors (Lipinski definition) is 3. The van der Waals surface area contributed by atoms with Crippen molar-refractivity contribution in [2.45, 2.75) is 44.9 Å². The molecule has 0 spiro atoms. The summed E-state index contributed by atoms with van der Waals surface area (Å²) >= 11 is 0. The second kappa shape index (κ2) is 4.28. The molecule has 1 rings (SSSR count). The minimum Gasteiger partial charge on any atom is -0.369 e. The summed E-state index contributed by atoms with van der Waals surface area (Å²) in [6.07, 6.45) is 0.993. The molecule has 1 amide bonds. The van der Waals surface area contributed by atoms with Crippen molar-refractivity contribution in [1.82, 2.24) is 10.6 Å². The van der Waals surface area contributed by atoms with E-state index in [1.165, 1.54) is 0 Å². The van der Waals surface area contributed by atoms with Crippen LogP contribution in [0.15, 0.2) is 0 Å². The minimum atomic E-state index is -0.734. The molecule has 0 aliphatic carbocycles. The largest absolute Gasteiger partial charge is 0.369 e. The van der Waals surface area contributed by atoms with Crippen LogP contribution in [0.25, 0.3) is 0 Å². The van der Waals surface area contributed by atoms with Crippen LogP contribution < -0.4 is 10.6 Å². The molecule has 2 atom stereocenters. The van der Waals surface area contributed by atoms with Gasteiger partial charge < -0.3 is 15.4 Å². The van der Waals surface area contributed by atoms with Crippen molar-refractivity contribution < 1.29 is 9.53 Å². The average Bonchev–Trinajstić information content (AvgIpc) is 2.52. The van der Waals surface area contributed by atoms with Crippen LogP contribution in [0.3, 0.4) is 0 Å². The smallest absolute Gasteiger partial charge is 0.251 e. The van der Waals surface area contributed by atoms with Crippen LogP contribution in [0.1, 0.15) is 27.2 Å². The van der Waals surface area contributed by atoms with Crippen LogP contribution in [0, 0.1) is 0 Å². The van der Waals surface area contributed by atoms with E-state index in [-0.39, 0.29) is 11.9 Å². The second-order valence-corrected chi connectivity index (χ2v) is 4.33. The highest BCUT2D eigenvalue weighted by molar-refractivity contribution is 5.84. The van der Waals surface area contributed by atoms with Gasteiger partial charge in [0.25, 0.3) is 5.91 Å². The highest BCUT2D eigenvalue weighted by Crippen LogP contribution is 2.11. The van der Waals surface area contributed by atoms with Crippen molar-refractivity contribution in [3.63, 3.8) is 0 Å². The lowest BCUT2D eigenvalue weighted by molar-refractivity contribution is -0.140. The van der Waals surface area contributed by atoms with E-state index in [1.54, 1.807) is 21.0 Å². The first kappa shape index (κ1) is 11.5. The lowest BCUT2D eigenvalue weighted by Crippen LogP contribution is -2.50. The van der Waals surface area contributed by atoms with E-state index in [1.807, 2.05) is 0 Å². The zero-order valence-corrected chi connectivity index (χ0v) is 9.39. The summed E-state index contributed by atoms with van der Waals surface area (Å²) in [6.45, 7) is 6.60. The molecule has 1 heterocycles. The van der Waals surface area contributed by atoms with Gasteiger partial charge in [0.15, 0.2) is 0 Å². The second-order valence-electron chi connectivity index (χ2n) is 4.33. The molecule has 1 aliphatic heterocycles. The summed E-state index contributed by atoms with van der Waals surface area (Å²) in [5.41, 5.74) is -0.734. The molecule has 14 heavy (non-hydrogen) atoms. The number of ether oxygens (including phenoxy) is 1. The van der Waals surface area contributed by atoms with E-state index in [2.05, 4.69) is 17.6 Å². The van der Waals surface area contributed by atoms with Crippen LogP contribution in [-0.2, 0) is 9.53 Å². The van der Waals surface area contributed by atoms with Crippen molar-refractivity contribution >= 4 is 5.91 Å². The number of methoxy groups -OCH3 is 1. The Bertz CT molecular complexity index is 216. The first-order valence-electron chi connectivity index (χ1n) is 5.07. The zero-order valence-electron chi connectivity index (χ0n) is 9.39. The molecule has 0 aromatic rings. The molecule has 1 fully saturated rings. The molecule has 0 aromatic carbocycles. The molecule has 1 saturated heterocycles. The van der Waals surface area contributed by atoms with Crippen molar-refractivity contribution in [1.29, 1.82) is 0 Å². The maximum Gasteiger partial charge on any atom is 0.251 e. The monoisotopic (exact) mass is 200 g/mol. The van der Waals surface area contributed by atoms with Crippen LogP contribution in [0.5, 0.6) is 0 Å². The summed E-state index contributed by atoms with van der Waals surface area (Å²) in [7, 11) is 1.55. The lowest BCUT2D eigenvalue weighted by atomic mass is 10.1. The van der Waals surface area contributed by atoms with Gasteiger partial charge in [-0.15, -0.1) is 0 Å². The van der Waals surface area contributed by atoms with Gasteiger partial charge in [-0.1, -0.05) is 0 Å². The fourth-order valence-electron chi connectivity index (χ4n) is 1.49. The van der Waals surface area contributed by atoms with Gasteiger partial charge in [0.1, 0.15) is 5.60 Å². The van der Waals surface area contributed by atoms with Gasteiger partial charge in [-0.25, -0.2) is 0 Å². The van der Waals surface area contributed by atoms with E-state index in [0.717, 1.165) is 13.0 Å². The van der Waals surface area contributed by atoms with Crippen molar-refractivity contribution in [2.24, 2.45) is 0 Å². The Morgan fingerprint density at radius 2 is 2.21 bits per heavy atom. The zero-order chi connectivity index (χ0) is 10.8. The molecule has 1 aliphatic rings. The first-order chi connectivity index (χ1) is 6.47. The van der Waals surface area contributed by atoms with E-state index >= 15 is 0 Å². The Labute approximate surface area is 85.4 Å². The molecule has 4 nitrogen and oxygen atoms in total. The number of carbonyl (C=O) groups excluding carboxylic acids is 1. The summed E-state index contributed by atoms with van der Waals surface area (Å²) in [5, 5.41) is 6.28. The molecule has 2 N–H and O–H groups in total. The van der Waals surface area contributed by atoms with Crippen molar-refractivity contribution in [3.8, 4) is 0 Å². The minimum absolute atomic E-state index is 0.0412. The maximum atomic E-state index is 11.7.